The smallest absolute Gasteiger partial charge is 0.248 e. The van der Waals surface area contributed by atoms with Crippen molar-refractivity contribution in [2.45, 2.75) is 38.3 Å². The van der Waals surface area contributed by atoms with Crippen LogP contribution in [0.15, 0.2) is 0 Å². The summed E-state index contributed by atoms with van der Waals surface area (Å²) in [5.41, 5.74) is 0. The molecule has 2 unspecified atom stereocenters. The zero-order valence-electron chi connectivity index (χ0n) is 10.7. The highest BCUT2D eigenvalue weighted by Gasteiger charge is 2.29. The van der Waals surface area contributed by atoms with Gasteiger partial charge in [-0.2, -0.15) is 0 Å². The van der Waals surface area contributed by atoms with Gasteiger partial charge in [-0.15, -0.1) is 0 Å². The first-order chi connectivity index (χ1) is 8.15. The van der Waals surface area contributed by atoms with Crippen LogP contribution in [0.3, 0.4) is 0 Å². The van der Waals surface area contributed by atoms with Crippen molar-refractivity contribution in [3.63, 3.8) is 0 Å². The fourth-order valence-corrected chi connectivity index (χ4v) is 2.19. The standard InChI is InChI=1S/C12H23NO4/c1-10(14)8-11-4-3-5-13(11)12(15)9-17-7-6-16-2/h10-11,14H,3-9H2,1-2H3. The summed E-state index contributed by atoms with van der Waals surface area (Å²) in [5, 5.41) is 9.37. The summed E-state index contributed by atoms with van der Waals surface area (Å²) in [5.74, 6) is 0.0178. The Hall–Kier alpha value is -0.650. The van der Waals surface area contributed by atoms with Crippen LogP contribution in [0.5, 0.6) is 0 Å². The Morgan fingerprint density at radius 3 is 2.94 bits per heavy atom. The Morgan fingerprint density at radius 1 is 1.53 bits per heavy atom. The summed E-state index contributed by atoms with van der Waals surface area (Å²) in [4.78, 5) is 13.7. The number of likely N-dealkylation sites (tertiary alicyclic amines) is 1. The molecule has 1 heterocycles. The lowest BCUT2D eigenvalue weighted by Gasteiger charge is -2.25. The molecule has 1 amide bonds. The molecule has 1 aliphatic rings. The number of aliphatic hydroxyl groups is 1. The third-order valence-corrected chi connectivity index (χ3v) is 2.97. The van der Waals surface area contributed by atoms with Gasteiger partial charge in [0.2, 0.25) is 5.91 Å². The van der Waals surface area contributed by atoms with Crippen molar-refractivity contribution in [2.24, 2.45) is 0 Å². The number of hydrogen-bond acceptors (Lipinski definition) is 4. The van der Waals surface area contributed by atoms with Crippen LogP contribution in [-0.2, 0) is 14.3 Å². The van der Waals surface area contributed by atoms with Gasteiger partial charge in [0.1, 0.15) is 6.61 Å². The average molecular weight is 245 g/mol. The number of amides is 1. The molecule has 0 radical (unpaired) electrons. The zero-order chi connectivity index (χ0) is 12.7. The van der Waals surface area contributed by atoms with Crippen LogP contribution in [0.25, 0.3) is 0 Å². The monoisotopic (exact) mass is 245 g/mol. The number of carbonyl (C=O) groups is 1. The van der Waals surface area contributed by atoms with Crippen molar-refractivity contribution < 1.29 is 19.4 Å². The summed E-state index contributed by atoms with van der Waals surface area (Å²) >= 11 is 0. The second-order valence-corrected chi connectivity index (χ2v) is 4.51. The molecule has 1 aliphatic heterocycles. The van der Waals surface area contributed by atoms with Crippen LogP contribution in [-0.4, -0.2) is 61.5 Å². The van der Waals surface area contributed by atoms with Crippen LogP contribution in [0, 0.1) is 0 Å². The lowest BCUT2D eigenvalue weighted by molar-refractivity contribution is -0.137. The molecule has 1 fully saturated rings. The van der Waals surface area contributed by atoms with Crippen molar-refractivity contribution in [1.29, 1.82) is 0 Å². The molecule has 0 aliphatic carbocycles. The van der Waals surface area contributed by atoms with Gasteiger partial charge in [-0.05, 0) is 26.2 Å². The maximum absolute atomic E-state index is 11.9. The van der Waals surface area contributed by atoms with Crippen molar-refractivity contribution in [3.05, 3.63) is 0 Å². The van der Waals surface area contributed by atoms with E-state index in [1.54, 1.807) is 14.0 Å². The van der Waals surface area contributed by atoms with Gasteiger partial charge < -0.3 is 19.5 Å². The van der Waals surface area contributed by atoms with Gasteiger partial charge in [-0.1, -0.05) is 0 Å². The molecular weight excluding hydrogens is 222 g/mol. The van der Waals surface area contributed by atoms with Crippen molar-refractivity contribution in [2.75, 3.05) is 33.5 Å². The maximum Gasteiger partial charge on any atom is 0.248 e. The fourth-order valence-electron chi connectivity index (χ4n) is 2.19. The number of rotatable bonds is 7. The molecule has 0 aromatic heterocycles. The summed E-state index contributed by atoms with van der Waals surface area (Å²) in [7, 11) is 1.60. The number of hydrogen-bond donors (Lipinski definition) is 1. The number of methoxy groups -OCH3 is 1. The predicted molar refractivity (Wildman–Crippen MR) is 63.7 cm³/mol. The normalized spacial score (nSPS) is 21.8. The quantitative estimate of drug-likeness (QED) is 0.660. The molecule has 1 N–H and O–H groups in total. The first kappa shape index (κ1) is 14.4. The molecule has 5 heteroatoms. The third kappa shape index (κ3) is 5.02. The molecule has 1 rings (SSSR count). The van der Waals surface area contributed by atoms with E-state index in [9.17, 15) is 9.90 Å². The molecule has 1 saturated heterocycles. The second kappa shape index (κ2) is 7.63. The van der Waals surface area contributed by atoms with E-state index in [1.165, 1.54) is 0 Å². The molecule has 0 aromatic carbocycles. The highest BCUT2D eigenvalue weighted by molar-refractivity contribution is 5.78. The Kier molecular flexibility index (Phi) is 6.47. The summed E-state index contributed by atoms with van der Waals surface area (Å²) in [6, 6.07) is 0.175. The largest absolute Gasteiger partial charge is 0.393 e. The van der Waals surface area contributed by atoms with E-state index in [-0.39, 0.29) is 24.7 Å². The minimum Gasteiger partial charge on any atom is -0.393 e. The van der Waals surface area contributed by atoms with Gasteiger partial charge in [-0.25, -0.2) is 0 Å². The lowest BCUT2D eigenvalue weighted by atomic mass is 10.1. The fraction of sp³-hybridized carbons (Fsp3) is 0.917. The van der Waals surface area contributed by atoms with E-state index in [0.717, 1.165) is 19.4 Å². The molecule has 17 heavy (non-hydrogen) atoms. The predicted octanol–water partition coefficient (Wildman–Crippen LogP) is 0.411. The summed E-state index contributed by atoms with van der Waals surface area (Å²) in [6.45, 7) is 3.60. The van der Waals surface area contributed by atoms with Gasteiger partial charge in [-0.3, -0.25) is 4.79 Å². The minimum absolute atomic E-state index is 0.0178. The number of aliphatic hydroxyl groups excluding tert-OH is 1. The molecule has 0 bridgehead atoms. The molecule has 5 nitrogen and oxygen atoms in total. The van der Waals surface area contributed by atoms with E-state index in [4.69, 9.17) is 9.47 Å². The molecule has 2 atom stereocenters. The summed E-state index contributed by atoms with van der Waals surface area (Å²) < 4.78 is 10.1. The molecule has 100 valence electrons. The Balaban J connectivity index is 2.29. The van der Waals surface area contributed by atoms with Gasteiger partial charge in [0.25, 0.3) is 0 Å². The molecular formula is C12H23NO4. The van der Waals surface area contributed by atoms with Crippen LogP contribution in [0.1, 0.15) is 26.2 Å². The van der Waals surface area contributed by atoms with Gasteiger partial charge in [0.15, 0.2) is 0 Å². The first-order valence-electron chi connectivity index (χ1n) is 6.19. The van der Waals surface area contributed by atoms with E-state index in [1.807, 2.05) is 4.90 Å². The second-order valence-electron chi connectivity index (χ2n) is 4.51. The first-order valence-corrected chi connectivity index (χ1v) is 6.19. The van der Waals surface area contributed by atoms with Crippen LogP contribution >= 0.6 is 0 Å². The van der Waals surface area contributed by atoms with Gasteiger partial charge >= 0.3 is 0 Å². The Labute approximate surface area is 103 Å². The number of nitrogens with zero attached hydrogens (tertiary/aromatic N) is 1. The van der Waals surface area contributed by atoms with Gasteiger partial charge in [0.05, 0.1) is 19.3 Å². The topological polar surface area (TPSA) is 59.0 Å². The Bertz CT molecular complexity index is 233. The van der Waals surface area contributed by atoms with Crippen molar-refractivity contribution in [1.82, 2.24) is 4.90 Å². The van der Waals surface area contributed by atoms with Crippen LogP contribution < -0.4 is 0 Å². The highest BCUT2D eigenvalue weighted by atomic mass is 16.5. The maximum atomic E-state index is 11.9. The molecule has 0 aromatic rings. The lowest BCUT2D eigenvalue weighted by Crippen LogP contribution is -2.39. The molecule has 0 spiro atoms. The Morgan fingerprint density at radius 2 is 2.29 bits per heavy atom. The summed E-state index contributed by atoms with van der Waals surface area (Å²) in [6.07, 6.45) is 2.29. The molecule has 0 saturated carbocycles. The highest BCUT2D eigenvalue weighted by Crippen LogP contribution is 2.21. The van der Waals surface area contributed by atoms with Crippen LogP contribution in [0.2, 0.25) is 0 Å². The van der Waals surface area contributed by atoms with Crippen molar-refractivity contribution >= 4 is 5.91 Å². The van der Waals surface area contributed by atoms with E-state index in [2.05, 4.69) is 0 Å². The van der Waals surface area contributed by atoms with Crippen molar-refractivity contribution in [3.8, 4) is 0 Å². The van der Waals surface area contributed by atoms with E-state index < -0.39 is 0 Å². The number of carbonyl (C=O) groups excluding carboxylic acids is 1. The minimum atomic E-state index is -0.359. The zero-order valence-corrected chi connectivity index (χ0v) is 10.7. The van der Waals surface area contributed by atoms with E-state index in [0.29, 0.717) is 19.6 Å². The third-order valence-electron chi connectivity index (χ3n) is 2.97. The van der Waals surface area contributed by atoms with E-state index >= 15 is 0 Å². The van der Waals surface area contributed by atoms with Gasteiger partial charge in [0, 0.05) is 19.7 Å². The number of ether oxygens (including phenoxy) is 2. The average Bonchev–Trinajstić information content (AvgIpc) is 2.71. The SMILES string of the molecule is COCCOCC(=O)N1CCCC1CC(C)O. The van der Waals surface area contributed by atoms with Crippen LogP contribution in [0.4, 0.5) is 0 Å².